The van der Waals surface area contributed by atoms with Crippen molar-refractivity contribution in [1.29, 1.82) is 0 Å². The van der Waals surface area contributed by atoms with Crippen LogP contribution in [0.15, 0.2) is 16.6 Å². The van der Waals surface area contributed by atoms with Gasteiger partial charge in [-0.2, -0.15) is 0 Å². The van der Waals surface area contributed by atoms with Crippen LogP contribution in [0.2, 0.25) is 0 Å². The molecule has 1 aromatic carbocycles. The van der Waals surface area contributed by atoms with Crippen molar-refractivity contribution < 1.29 is 14.3 Å². The molecule has 78 valence electrons. The molecule has 1 aromatic rings. The summed E-state index contributed by atoms with van der Waals surface area (Å²) in [7, 11) is 0. The van der Waals surface area contributed by atoms with Crippen LogP contribution in [0.3, 0.4) is 0 Å². The van der Waals surface area contributed by atoms with Crippen LogP contribution in [-0.4, -0.2) is 11.1 Å². The zero-order valence-corrected chi connectivity index (χ0v) is 9.29. The number of rotatable bonds is 1. The number of benzene rings is 1. The first kappa shape index (κ1) is 9.33. The molecule has 0 aromatic heterocycles. The standard InChI is InChI=1S/C11H8BrFO2/c12-4-1-6-5(8(13)2-4)3-7-9(6)10(7)11(14)15/h1-2,7,9-10H,3H2,(H,14,15)/t7-,9+,10-/m1/s1. The molecule has 0 spiro atoms. The van der Waals surface area contributed by atoms with E-state index in [9.17, 15) is 9.18 Å². The van der Waals surface area contributed by atoms with Gasteiger partial charge in [0.25, 0.3) is 0 Å². The highest BCUT2D eigenvalue weighted by Gasteiger charge is 2.60. The number of halogens is 2. The van der Waals surface area contributed by atoms with Crippen LogP contribution in [0.1, 0.15) is 17.0 Å². The lowest BCUT2D eigenvalue weighted by Crippen LogP contribution is -2.06. The first-order valence-electron chi connectivity index (χ1n) is 4.80. The maximum absolute atomic E-state index is 13.5. The van der Waals surface area contributed by atoms with Crippen molar-refractivity contribution in [2.24, 2.45) is 11.8 Å². The number of carbonyl (C=O) groups is 1. The lowest BCUT2D eigenvalue weighted by atomic mass is 10.0. The van der Waals surface area contributed by atoms with Crippen LogP contribution in [-0.2, 0) is 11.2 Å². The third kappa shape index (κ3) is 1.17. The largest absolute Gasteiger partial charge is 0.481 e. The van der Waals surface area contributed by atoms with Gasteiger partial charge in [-0.3, -0.25) is 4.79 Å². The normalized spacial score (nSPS) is 30.9. The summed E-state index contributed by atoms with van der Waals surface area (Å²) in [6.45, 7) is 0. The van der Waals surface area contributed by atoms with E-state index in [4.69, 9.17) is 5.11 Å². The van der Waals surface area contributed by atoms with Crippen molar-refractivity contribution in [3.05, 3.63) is 33.5 Å². The molecule has 15 heavy (non-hydrogen) atoms. The molecule has 2 aliphatic carbocycles. The van der Waals surface area contributed by atoms with E-state index in [0.717, 1.165) is 5.56 Å². The van der Waals surface area contributed by atoms with Crippen LogP contribution >= 0.6 is 15.9 Å². The van der Waals surface area contributed by atoms with E-state index in [-0.39, 0.29) is 23.6 Å². The van der Waals surface area contributed by atoms with Gasteiger partial charge in [-0.25, -0.2) is 4.39 Å². The van der Waals surface area contributed by atoms with E-state index >= 15 is 0 Å². The molecule has 1 fully saturated rings. The third-order valence-electron chi connectivity index (χ3n) is 3.45. The second-order valence-corrected chi connectivity index (χ2v) is 5.13. The predicted molar refractivity (Wildman–Crippen MR) is 55.2 cm³/mol. The molecule has 0 aliphatic heterocycles. The van der Waals surface area contributed by atoms with E-state index < -0.39 is 5.97 Å². The van der Waals surface area contributed by atoms with Crippen LogP contribution in [0.4, 0.5) is 4.39 Å². The fourth-order valence-corrected chi connectivity index (χ4v) is 3.21. The summed E-state index contributed by atoms with van der Waals surface area (Å²) in [6, 6.07) is 3.30. The lowest BCUT2D eigenvalue weighted by molar-refractivity contribution is -0.139. The molecule has 0 radical (unpaired) electrons. The molecule has 1 saturated carbocycles. The summed E-state index contributed by atoms with van der Waals surface area (Å²) < 4.78 is 14.2. The summed E-state index contributed by atoms with van der Waals surface area (Å²) in [5, 5.41) is 8.92. The van der Waals surface area contributed by atoms with Gasteiger partial charge in [0.05, 0.1) is 5.92 Å². The highest BCUT2D eigenvalue weighted by atomic mass is 79.9. The summed E-state index contributed by atoms with van der Waals surface area (Å²) in [6.07, 6.45) is 0.579. The van der Waals surface area contributed by atoms with E-state index in [1.807, 2.05) is 6.07 Å². The molecule has 3 rings (SSSR count). The smallest absolute Gasteiger partial charge is 0.307 e. The Morgan fingerprint density at radius 3 is 2.93 bits per heavy atom. The minimum absolute atomic E-state index is 0.0458. The first-order chi connectivity index (χ1) is 7.09. The molecule has 2 aliphatic rings. The fraction of sp³-hybridized carbons (Fsp3) is 0.364. The highest BCUT2D eigenvalue weighted by Crippen LogP contribution is 2.62. The number of fused-ring (bicyclic) bond motifs is 3. The van der Waals surface area contributed by atoms with E-state index in [1.54, 1.807) is 0 Å². The minimum Gasteiger partial charge on any atom is -0.481 e. The van der Waals surface area contributed by atoms with Crippen molar-refractivity contribution in [2.75, 3.05) is 0 Å². The Bertz CT molecular complexity index is 472. The summed E-state index contributed by atoms with van der Waals surface area (Å²) in [5.74, 6) is -1.08. The van der Waals surface area contributed by atoms with Gasteiger partial charge >= 0.3 is 5.97 Å². The summed E-state index contributed by atoms with van der Waals surface area (Å²) in [5.41, 5.74) is 1.60. The van der Waals surface area contributed by atoms with Crippen LogP contribution in [0.25, 0.3) is 0 Å². The van der Waals surface area contributed by atoms with Gasteiger partial charge in [0, 0.05) is 10.4 Å². The molecule has 0 amide bonds. The molecular weight excluding hydrogens is 263 g/mol. The Hall–Kier alpha value is -0.900. The second kappa shape index (κ2) is 2.82. The molecule has 1 N–H and O–H groups in total. The van der Waals surface area contributed by atoms with E-state index in [0.29, 0.717) is 16.5 Å². The maximum Gasteiger partial charge on any atom is 0.307 e. The molecule has 2 nitrogen and oxygen atoms in total. The van der Waals surface area contributed by atoms with E-state index in [1.165, 1.54) is 6.07 Å². The molecule has 0 heterocycles. The van der Waals surface area contributed by atoms with Gasteiger partial charge in [0.15, 0.2) is 0 Å². The monoisotopic (exact) mass is 270 g/mol. The van der Waals surface area contributed by atoms with Crippen LogP contribution in [0.5, 0.6) is 0 Å². The van der Waals surface area contributed by atoms with Gasteiger partial charge in [-0.15, -0.1) is 0 Å². The highest BCUT2D eigenvalue weighted by molar-refractivity contribution is 9.10. The molecule has 0 saturated heterocycles. The van der Waals surface area contributed by atoms with Crippen LogP contribution in [0, 0.1) is 17.7 Å². The van der Waals surface area contributed by atoms with Crippen molar-refractivity contribution in [3.63, 3.8) is 0 Å². The van der Waals surface area contributed by atoms with Crippen LogP contribution < -0.4 is 0 Å². The lowest BCUT2D eigenvalue weighted by Gasteiger charge is -2.07. The Morgan fingerprint density at radius 1 is 1.53 bits per heavy atom. The molecule has 0 unspecified atom stereocenters. The SMILES string of the molecule is O=C(O)[C@@H]1[C@@H]2Cc3c(F)cc(Br)cc3[C@@H]21. The minimum atomic E-state index is -0.754. The topological polar surface area (TPSA) is 37.3 Å². The zero-order valence-electron chi connectivity index (χ0n) is 7.71. The third-order valence-corrected chi connectivity index (χ3v) is 3.91. The van der Waals surface area contributed by atoms with E-state index in [2.05, 4.69) is 15.9 Å². The Kier molecular flexibility index (Phi) is 1.75. The maximum atomic E-state index is 13.5. The number of hydrogen-bond acceptors (Lipinski definition) is 1. The molecular formula is C11H8BrFO2. The van der Waals surface area contributed by atoms with Crippen molar-refractivity contribution in [3.8, 4) is 0 Å². The number of hydrogen-bond donors (Lipinski definition) is 1. The average molecular weight is 271 g/mol. The molecule has 4 heteroatoms. The summed E-state index contributed by atoms with van der Waals surface area (Å²) in [4.78, 5) is 10.8. The average Bonchev–Trinajstić information content (AvgIpc) is 2.74. The number of aliphatic carboxylic acids is 1. The van der Waals surface area contributed by atoms with Gasteiger partial charge in [0.2, 0.25) is 0 Å². The Labute approximate surface area is 94.2 Å². The quantitative estimate of drug-likeness (QED) is 0.852. The number of carboxylic acid groups (broad SMARTS) is 1. The Morgan fingerprint density at radius 2 is 2.27 bits per heavy atom. The van der Waals surface area contributed by atoms with Crippen molar-refractivity contribution >= 4 is 21.9 Å². The predicted octanol–water partition coefficient (Wildman–Crippen LogP) is 2.56. The van der Waals surface area contributed by atoms with Gasteiger partial charge in [-0.1, -0.05) is 15.9 Å². The second-order valence-electron chi connectivity index (χ2n) is 4.21. The van der Waals surface area contributed by atoms with Gasteiger partial charge in [0.1, 0.15) is 5.82 Å². The molecule has 3 atom stereocenters. The zero-order chi connectivity index (χ0) is 10.7. The Balaban J connectivity index is 2.05. The first-order valence-corrected chi connectivity index (χ1v) is 5.59. The van der Waals surface area contributed by atoms with Crippen molar-refractivity contribution in [1.82, 2.24) is 0 Å². The van der Waals surface area contributed by atoms with Crippen molar-refractivity contribution in [2.45, 2.75) is 12.3 Å². The van der Waals surface area contributed by atoms with Gasteiger partial charge in [-0.05, 0) is 35.6 Å². The fourth-order valence-electron chi connectivity index (χ4n) is 2.76. The summed E-state index contributed by atoms with van der Waals surface area (Å²) >= 11 is 3.23. The molecule has 0 bridgehead atoms. The van der Waals surface area contributed by atoms with Gasteiger partial charge < -0.3 is 5.11 Å². The number of carboxylic acids is 1.